The van der Waals surface area contributed by atoms with Crippen LogP contribution in [0.1, 0.15) is 56.3 Å². The minimum atomic E-state index is -0.0301. The van der Waals surface area contributed by atoms with Crippen LogP contribution in [-0.4, -0.2) is 25.1 Å². The molecule has 0 saturated heterocycles. The summed E-state index contributed by atoms with van der Waals surface area (Å²) in [6.07, 6.45) is 6.21. The minimum Gasteiger partial charge on any atom is -0.365 e. The Morgan fingerprint density at radius 3 is 2.60 bits per heavy atom. The van der Waals surface area contributed by atoms with Crippen LogP contribution in [0.25, 0.3) is 11.5 Å². The van der Waals surface area contributed by atoms with Crippen LogP contribution < -0.4 is 11.0 Å². The van der Waals surface area contributed by atoms with Gasteiger partial charge in [-0.15, -0.1) is 0 Å². The number of anilines is 1. The average Bonchev–Trinajstić information content (AvgIpc) is 3.46. The lowest BCUT2D eigenvalue weighted by Crippen LogP contribution is -2.32. The molecule has 3 aliphatic heterocycles. The molecule has 0 radical (unpaired) electrons. The lowest BCUT2D eigenvalue weighted by Gasteiger charge is -2.14. The van der Waals surface area contributed by atoms with Crippen molar-refractivity contribution in [1.29, 1.82) is 0 Å². The highest BCUT2D eigenvalue weighted by molar-refractivity contribution is 6.36. The molecule has 1 aliphatic carbocycles. The standard InChI is InChI=1S/C22H25Cl2N5O/c1-2-10-28-21-18(26-19(27-21)13-6-3-4-7-13)20-25-14(12-29(20)22(28)30)11-15-16(23)8-5-9-17(15)24/h5,8-9,13-14,25H,2-4,6-7,10-12H2,1H3. The summed E-state index contributed by atoms with van der Waals surface area (Å²) in [4.78, 5) is 23.1. The van der Waals surface area contributed by atoms with Crippen LogP contribution in [0.4, 0.5) is 5.82 Å². The van der Waals surface area contributed by atoms with E-state index < -0.39 is 0 Å². The van der Waals surface area contributed by atoms with Crippen LogP contribution in [0.15, 0.2) is 23.0 Å². The van der Waals surface area contributed by atoms with Gasteiger partial charge >= 0.3 is 5.69 Å². The van der Waals surface area contributed by atoms with Crippen LogP contribution in [-0.2, 0) is 19.5 Å². The van der Waals surface area contributed by atoms with Crippen LogP contribution in [0.3, 0.4) is 0 Å². The molecule has 0 spiro atoms. The summed E-state index contributed by atoms with van der Waals surface area (Å²) >= 11 is 12.8. The molecule has 3 heterocycles. The summed E-state index contributed by atoms with van der Waals surface area (Å²) < 4.78 is 3.59. The van der Waals surface area contributed by atoms with Gasteiger partial charge in [-0.3, -0.25) is 9.13 Å². The molecule has 0 aromatic heterocycles. The molecule has 8 heteroatoms. The fourth-order valence-electron chi connectivity index (χ4n) is 4.81. The van der Waals surface area contributed by atoms with E-state index in [1.165, 1.54) is 12.8 Å². The zero-order valence-electron chi connectivity index (χ0n) is 17.0. The molecule has 1 N–H and O–H groups in total. The molecule has 4 aliphatic rings. The first-order valence-electron chi connectivity index (χ1n) is 10.8. The number of rotatable bonds is 5. The largest absolute Gasteiger partial charge is 0.365 e. The Hall–Kier alpha value is -2.05. The minimum absolute atomic E-state index is 0.0161. The van der Waals surface area contributed by atoms with Crippen molar-refractivity contribution in [2.24, 2.45) is 0 Å². The maximum absolute atomic E-state index is 13.3. The summed E-state index contributed by atoms with van der Waals surface area (Å²) in [7, 11) is 0. The van der Waals surface area contributed by atoms with Crippen LogP contribution >= 0.6 is 23.2 Å². The second kappa shape index (κ2) is 7.89. The molecule has 30 heavy (non-hydrogen) atoms. The molecule has 5 rings (SSSR count). The quantitative estimate of drug-likeness (QED) is 0.602. The molecule has 158 valence electrons. The van der Waals surface area contributed by atoms with Gasteiger partial charge in [0.25, 0.3) is 0 Å². The van der Waals surface area contributed by atoms with E-state index >= 15 is 0 Å². The van der Waals surface area contributed by atoms with E-state index in [1.54, 1.807) is 9.13 Å². The summed E-state index contributed by atoms with van der Waals surface area (Å²) in [6, 6.07) is 5.56. The van der Waals surface area contributed by atoms with Crippen molar-refractivity contribution in [2.75, 3.05) is 5.32 Å². The van der Waals surface area contributed by atoms with Gasteiger partial charge in [0.15, 0.2) is 5.82 Å². The lowest BCUT2D eigenvalue weighted by atomic mass is 10.1. The molecular weight excluding hydrogens is 421 g/mol. The van der Waals surface area contributed by atoms with E-state index in [9.17, 15) is 4.79 Å². The van der Waals surface area contributed by atoms with Crippen molar-refractivity contribution >= 4 is 29.0 Å². The van der Waals surface area contributed by atoms with Crippen LogP contribution in [0.5, 0.6) is 0 Å². The third kappa shape index (κ3) is 3.30. The van der Waals surface area contributed by atoms with Gasteiger partial charge in [0.1, 0.15) is 17.3 Å². The topological polar surface area (TPSA) is 64.7 Å². The van der Waals surface area contributed by atoms with Crippen molar-refractivity contribution < 1.29 is 0 Å². The Bertz CT molecular complexity index is 1100. The smallest absolute Gasteiger partial charge is 0.331 e. The van der Waals surface area contributed by atoms with Gasteiger partial charge in [0, 0.05) is 35.1 Å². The number of halogens is 2. The number of benzene rings is 1. The Kier molecular flexibility index (Phi) is 5.23. The Morgan fingerprint density at radius 2 is 1.90 bits per heavy atom. The maximum Gasteiger partial charge on any atom is 0.331 e. The normalized spacial score (nSPS) is 18.8. The third-order valence-corrected chi connectivity index (χ3v) is 7.00. The molecule has 1 atom stereocenters. The predicted molar refractivity (Wildman–Crippen MR) is 120 cm³/mol. The van der Waals surface area contributed by atoms with Gasteiger partial charge in [0.05, 0.1) is 0 Å². The van der Waals surface area contributed by atoms with Gasteiger partial charge in [-0.05, 0) is 43.4 Å². The number of nitrogens with one attached hydrogen (secondary N) is 1. The summed E-state index contributed by atoms with van der Waals surface area (Å²) in [5, 5.41) is 4.82. The van der Waals surface area contributed by atoms with E-state index in [0.29, 0.717) is 41.3 Å². The van der Waals surface area contributed by atoms with Gasteiger partial charge in [-0.2, -0.15) is 0 Å². The van der Waals surface area contributed by atoms with Gasteiger partial charge in [0.2, 0.25) is 0 Å². The molecule has 0 amide bonds. The molecule has 1 saturated carbocycles. The summed E-state index contributed by atoms with van der Waals surface area (Å²) in [5.41, 5.74) is 1.67. The Morgan fingerprint density at radius 1 is 1.17 bits per heavy atom. The fraction of sp³-hybridized carbons (Fsp3) is 0.500. The monoisotopic (exact) mass is 445 g/mol. The van der Waals surface area contributed by atoms with Crippen molar-refractivity contribution in [3.63, 3.8) is 0 Å². The summed E-state index contributed by atoms with van der Waals surface area (Å²) in [6.45, 7) is 3.27. The number of fused-ring (bicyclic) bond motifs is 3. The van der Waals surface area contributed by atoms with Gasteiger partial charge < -0.3 is 5.32 Å². The second-order valence-corrected chi connectivity index (χ2v) is 9.19. The maximum atomic E-state index is 13.3. The van der Waals surface area contributed by atoms with Crippen molar-refractivity contribution in [1.82, 2.24) is 19.1 Å². The first kappa shape index (κ1) is 19.9. The Labute approximate surface area is 185 Å². The zero-order chi connectivity index (χ0) is 20.8. The molecule has 1 aromatic rings. The van der Waals surface area contributed by atoms with Crippen LogP contribution in [0, 0.1) is 0 Å². The molecular formula is C22H25Cl2N5O. The molecule has 6 nitrogen and oxygen atoms in total. The average molecular weight is 446 g/mol. The second-order valence-electron chi connectivity index (χ2n) is 8.37. The highest BCUT2D eigenvalue weighted by Gasteiger charge is 2.33. The first-order chi connectivity index (χ1) is 14.6. The van der Waals surface area contributed by atoms with E-state index in [4.69, 9.17) is 33.2 Å². The number of imidazole rings is 1. The molecule has 1 fully saturated rings. The predicted octanol–water partition coefficient (Wildman–Crippen LogP) is 4.96. The van der Waals surface area contributed by atoms with E-state index in [1.807, 2.05) is 18.2 Å². The number of hydrogen-bond donors (Lipinski definition) is 1. The number of hydrogen-bond acceptors (Lipinski definition) is 4. The number of aromatic nitrogens is 4. The summed E-state index contributed by atoms with van der Waals surface area (Å²) in [5.74, 6) is 2.77. The Balaban J connectivity index is 1.55. The van der Waals surface area contributed by atoms with Crippen molar-refractivity contribution in [2.45, 2.75) is 70.5 Å². The van der Waals surface area contributed by atoms with Crippen molar-refractivity contribution in [3.05, 3.63) is 50.1 Å². The highest BCUT2D eigenvalue weighted by atomic mass is 35.5. The number of nitrogens with zero attached hydrogens (tertiary/aromatic N) is 4. The van der Waals surface area contributed by atoms with E-state index in [-0.39, 0.29) is 11.7 Å². The SMILES string of the molecule is CCCn1c2nc(C3CCCC3)nc-2c2n(c1=O)CC(Cc1c(Cl)cccc1Cl)N2. The van der Waals surface area contributed by atoms with Gasteiger partial charge in [-0.1, -0.05) is 49.0 Å². The highest BCUT2D eigenvalue weighted by Crippen LogP contribution is 2.38. The third-order valence-electron chi connectivity index (χ3n) is 6.29. The van der Waals surface area contributed by atoms with Crippen molar-refractivity contribution in [3.8, 4) is 11.5 Å². The fourth-order valence-corrected chi connectivity index (χ4v) is 5.37. The van der Waals surface area contributed by atoms with E-state index in [2.05, 4.69) is 12.2 Å². The zero-order valence-corrected chi connectivity index (χ0v) is 18.5. The van der Waals surface area contributed by atoms with E-state index in [0.717, 1.165) is 42.2 Å². The van der Waals surface area contributed by atoms with Gasteiger partial charge in [-0.25, -0.2) is 14.8 Å². The molecule has 1 aromatic carbocycles. The molecule has 1 unspecified atom stereocenters. The van der Waals surface area contributed by atoms with Crippen LogP contribution in [0.2, 0.25) is 10.0 Å². The lowest BCUT2D eigenvalue weighted by molar-refractivity contribution is 0.560. The molecule has 0 bridgehead atoms. The first-order valence-corrected chi connectivity index (χ1v) is 11.5.